The second kappa shape index (κ2) is 6.20. The number of nitrogens with one attached hydrogen (secondary N) is 1. The van der Waals surface area contributed by atoms with Crippen LogP contribution in [0, 0.1) is 0 Å². The lowest BCUT2D eigenvalue weighted by atomic mass is 10.0. The summed E-state index contributed by atoms with van der Waals surface area (Å²) in [4.78, 5) is 0. The van der Waals surface area contributed by atoms with E-state index in [2.05, 4.69) is 17.4 Å². The zero-order valence-corrected chi connectivity index (χ0v) is 12.9. The summed E-state index contributed by atoms with van der Waals surface area (Å²) in [5.74, 6) is 2.13. The van der Waals surface area contributed by atoms with Crippen LogP contribution in [0.25, 0.3) is 0 Å². The highest BCUT2D eigenvalue weighted by molar-refractivity contribution is 5.49. The summed E-state index contributed by atoms with van der Waals surface area (Å²) in [6.07, 6.45) is 5.66. The predicted molar refractivity (Wildman–Crippen MR) is 85.0 cm³/mol. The van der Waals surface area contributed by atoms with Gasteiger partial charge in [-0.15, -0.1) is 0 Å². The first-order valence-corrected chi connectivity index (χ1v) is 7.69. The van der Waals surface area contributed by atoms with Crippen LogP contribution in [0.15, 0.2) is 24.3 Å². The van der Waals surface area contributed by atoms with Gasteiger partial charge in [-0.1, -0.05) is 12.1 Å². The molecule has 2 heterocycles. The van der Waals surface area contributed by atoms with Crippen LogP contribution in [0.5, 0.6) is 5.75 Å². The number of rotatable bonds is 4. The topological polar surface area (TPSA) is 39.1 Å². The molecular weight excluding hydrogens is 262 g/mol. The molecule has 0 spiro atoms. The van der Waals surface area contributed by atoms with Crippen molar-refractivity contribution in [3.63, 3.8) is 0 Å². The molecular formula is C17H23N3O. The second-order valence-corrected chi connectivity index (χ2v) is 5.63. The minimum Gasteiger partial charge on any atom is -0.497 e. The Morgan fingerprint density at radius 2 is 2.00 bits per heavy atom. The third kappa shape index (κ3) is 3.04. The third-order valence-electron chi connectivity index (χ3n) is 4.18. The minimum absolute atomic E-state index is 0.912. The molecule has 112 valence electrons. The zero-order chi connectivity index (χ0) is 14.7. The van der Waals surface area contributed by atoms with E-state index in [9.17, 15) is 0 Å². The largest absolute Gasteiger partial charge is 0.497 e. The fourth-order valence-electron chi connectivity index (χ4n) is 3.00. The van der Waals surface area contributed by atoms with Gasteiger partial charge in [0.25, 0.3) is 0 Å². The molecule has 4 nitrogen and oxygen atoms in total. The van der Waals surface area contributed by atoms with E-state index in [-0.39, 0.29) is 0 Å². The lowest BCUT2D eigenvalue weighted by molar-refractivity contribution is 0.414. The summed E-state index contributed by atoms with van der Waals surface area (Å²) >= 11 is 0. The highest BCUT2D eigenvalue weighted by atomic mass is 16.5. The Morgan fingerprint density at radius 3 is 2.76 bits per heavy atom. The van der Waals surface area contributed by atoms with Crippen LogP contribution in [0.2, 0.25) is 0 Å². The number of nitrogens with zero attached hydrogens (tertiary/aromatic N) is 2. The Balaban J connectivity index is 1.72. The van der Waals surface area contributed by atoms with Crippen molar-refractivity contribution >= 4 is 5.82 Å². The molecule has 1 aliphatic rings. The van der Waals surface area contributed by atoms with E-state index >= 15 is 0 Å². The van der Waals surface area contributed by atoms with E-state index < -0.39 is 0 Å². The van der Waals surface area contributed by atoms with E-state index in [0.717, 1.165) is 31.6 Å². The second-order valence-electron chi connectivity index (χ2n) is 5.63. The normalized spacial score (nSPS) is 14.2. The molecule has 0 fully saturated rings. The molecule has 0 unspecified atom stereocenters. The average molecular weight is 285 g/mol. The van der Waals surface area contributed by atoms with Crippen LogP contribution in [0.4, 0.5) is 5.82 Å². The summed E-state index contributed by atoms with van der Waals surface area (Å²) < 4.78 is 7.20. The molecule has 1 aromatic carbocycles. The number of benzene rings is 1. The first-order valence-electron chi connectivity index (χ1n) is 7.69. The maximum Gasteiger partial charge on any atom is 0.127 e. The first-order chi connectivity index (χ1) is 10.3. The monoisotopic (exact) mass is 285 g/mol. The third-order valence-corrected chi connectivity index (χ3v) is 4.18. The lowest BCUT2D eigenvalue weighted by Gasteiger charge is -2.05. The number of aromatic nitrogens is 2. The summed E-state index contributed by atoms with van der Waals surface area (Å²) in [7, 11) is 3.74. The van der Waals surface area contributed by atoms with E-state index in [0.29, 0.717) is 0 Å². The fourth-order valence-corrected chi connectivity index (χ4v) is 3.00. The van der Waals surface area contributed by atoms with Gasteiger partial charge < -0.3 is 10.1 Å². The highest BCUT2D eigenvalue weighted by Gasteiger charge is 2.17. The smallest absolute Gasteiger partial charge is 0.127 e. The summed E-state index contributed by atoms with van der Waals surface area (Å²) in [6.45, 7) is 1.06. The first kappa shape index (κ1) is 14.0. The predicted octanol–water partition coefficient (Wildman–Crippen LogP) is 2.96. The van der Waals surface area contributed by atoms with Gasteiger partial charge in [-0.25, -0.2) is 0 Å². The zero-order valence-electron chi connectivity index (χ0n) is 12.9. The van der Waals surface area contributed by atoms with Gasteiger partial charge in [-0.2, -0.15) is 5.10 Å². The summed E-state index contributed by atoms with van der Waals surface area (Å²) in [6, 6.07) is 8.32. The van der Waals surface area contributed by atoms with Gasteiger partial charge in [-0.05, 0) is 49.8 Å². The molecule has 0 atom stereocenters. The van der Waals surface area contributed by atoms with Crippen molar-refractivity contribution in [2.24, 2.45) is 7.05 Å². The van der Waals surface area contributed by atoms with Crippen molar-refractivity contribution in [3.8, 4) is 5.75 Å². The molecule has 0 amide bonds. The van der Waals surface area contributed by atoms with Crippen molar-refractivity contribution in [2.45, 2.75) is 32.1 Å². The number of anilines is 1. The Bertz CT molecular complexity index is 601. The van der Waals surface area contributed by atoms with Crippen molar-refractivity contribution in [3.05, 3.63) is 41.1 Å². The van der Waals surface area contributed by atoms with Crippen LogP contribution in [0.3, 0.4) is 0 Å². The van der Waals surface area contributed by atoms with Gasteiger partial charge in [0.05, 0.1) is 12.8 Å². The van der Waals surface area contributed by atoms with Gasteiger partial charge in [0.2, 0.25) is 0 Å². The number of fused-ring (bicyclic) bond motifs is 1. The molecule has 2 aromatic rings. The van der Waals surface area contributed by atoms with Crippen LogP contribution in [-0.4, -0.2) is 23.4 Å². The maximum atomic E-state index is 5.20. The van der Waals surface area contributed by atoms with E-state index in [1.807, 2.05) is 23.9 Å². The van der Waals surface area contributed by atoms with E-state index in [1.54, 1.807) is 7.11 Å². The van der Waals surface area contributed by atoms with Gasteiger partial charge in [0, 0.05) is 19.2 Å². The standard InChI is InChI=1S/C17H23N3O/c1-20-17-15(5-3-4-12-18-17)16(19-20)11-8-13-6-9-14(21-2)10-7-13/h6-7,9-10,18H,3-5,8,11-12H2,1-2H3. The molecule has 21 heavy (non-hydrogen) atoms. The molecule has 0 aliphatic carbocycles. The van der Waals surface area contributed by atoms with Crippen LogP contribution < -0.4 is 10.1 Å². The number of hydrogen-bond acceptors (Lipinski definition) is 3. The molecule has 3 rings (SSSR count). The molecule has 4 heteroatoms. The number of ether oxygens (including phenoxy) is 1. The van der Waals surface area contributed by atoms with Crippen molar-refractivity contribution < 1.29 is 4.74 Å². The van der Waals surface area contributed by atoms with E-state index in [4.69, 9.17) is 9.84 Å². The van der Waals surface area contributed by atoms with Crippen LogP contribution in [-0.2, 0) is 26.3 Å². The Kier molecular flexibility index (Phi) is 4.13. The van der Waals surface area contributed by atoms with Crippen LogP contribution >= 0.6 is 0 Å². The van der Waals surface area contributed by atoms with Crippen molar-refractivity contribution in [1.82, 2.24) is 9.78 Å². The molecule has 1 aromatic heterocycles. The Hall–Kier alpha value is -1.97. The SMILES string of the molecule is COc1ccc(CCc2nn(C)c3c2CCCCN3)cc1. The Labute approximate surface area is 126 Å². The average Bonchev–Trinajstić information content (AvgIpc) is 2.70. The number of aryl methyl sites for hydroxylation is 3. The number of methoxy groups -OCH3 is 1. The lowest BCUT2D eigenvalue weighted by Crippen LogP contribution is -2.04. The molecule has 0 saturated heterocycles. The van der Waals surface area contributed by atoms with Crippen molar-refractivity contribution in [2.75, 3.05) is 19.0 Å². The summed E-state index contributed by atoms with van der Waals surface area (Å²) in [5, 5.41) is 8.22. The summed E-state index contributed by atoms with van der Waals surface area (Å²) in [5.41, 5.74) is 4.00. The minimum atomic E-state index is 0.912. The van der Waals surface area contributed by atoms with Gasteiger partial charge >= 0.3 is 0 Å². The Morgan fingerprint density at radius 1 is 1.19 bits per heavy atom. The maximum absolute atomic E-state index is 5.20. The fraction of sp³-hybridized carbons (Fsp3) is 0.471. The van der Waals surface area contributed by atoms with Gasteiger partial charge in [0.1, 0.15) is 11.6 Å². The van der Waals surface area contributed by atoms with Crippen molar-refractivity contribution in [1.29, 1.82) is 0 Å². The van der Waals surface area contributed by atoms with Gasteiger partial charge in [0.15, 0.2) is 0 Å². The molecule has 0 radical (unpaired) electrons. The highest BCUT2D eigenvalue weighted by Crippen LogP contribution is 2.25. The van der Waals surface area contributed by atoms with Crippen LogP contribution in [0.1, 0.15) is 29.7 Å². The van der Waals surface area contributed by atoms with E-state index in [1.165, 1.54) is 35.5 Å². The molecule has 1 aliphatic heterocycles. The quantitative estimate of drug-likeness (QED) is 0.938. The molecule has 0 bridgehead atoms. The molecule has 0 saturated carbocycles. The molecule has 1 N–H and O–H groups in total. The number of hydrogen-bond donors (Lipinski definition) is 1. The van der Waals surface area contributed by atoms with Gasteiger partial charge in [-0.3, -0.25) is 4.68 Å².